The number of fused-ring (bicyclic) bond motifs is 1. The maximum atomic E-state index is 12.4. The molecule has 24 heavy (non-hydrogen) atoms. The summed E-state index contributed by atoms with van der Waals surface area (Å²) in [7, 11) is 0.891. The average Bonchev–Trinajstić information content (AvgIpc) is 2.84. The lowest BCUT2D eigenvalue weighted by atomic mass is 9.68. The van der Waals surface area contributed by atoms with E-state index in [9.17, 15) is 14.4 Å². The van der Waals surface area contributed by atoms with Crippen molar-refractivity contribution >= 4 is 25.8 Å². The van der Waals surface area contributed by atoms with E-state index in [1.165, 1.54) is 14.2 Å². The lowest BCUT2D eigenvalue weighted by molar-refractivity contribution is -0.171. The predicted octanol–water partition coefficient (Wildman–Crippen LogP) is 2.27. The molecule has 2 aliphatic carbocycles. The van der Waals surface area contributed by atoms with Crippen LogP contribution in [0.1, 0.15) is 25.7 Å². The SMILES string of the molecule is COC(=O)C1(C(=O)OC)CCC2CC(=O)C(C#C[Si](C)(C)C)=C2C1. The highest BCUT2D eigenvalue weighted by Crippen LogP contribution is 2.49. The zero-order valence-corrected chi connectivity index (χ0v) is 15.9. The molecule has 1 unspecified atom stereocenters. The minimum atomic E-state index is -1.63. The summed E-state index contributed by atoms with van der Waals surface area (Å²) in [6.07, 6.45) is 1.51. The highest BCUT2D eigenvalue weighted by atomic mass is 28.3. The molecule has 5 nitrogen and oxygen atoms in total. The second kappa shape index (κ2) is 6.56. The minimum Gasteiger partial charge on any atom is -0.468 e. The molecule has 0 radical (unpaired) electrons. The first-order chi connectivity index (χ1) is 11.1. The first-order valence-corrected chi connectivity index (χ1v) is 11.6. The van der Waals surface area contributed by atoms with Gasteiger partial charge in [-0.05, 0) is 30.8 Å². The summed E-state index contributed by atoms with van der Waals surface area (Å²) in [6.45, 7) is 6.32. The van der Waals surface area contributed by atoms with Crippen molar-refractivity contribution in [2.45, 2.75) is 45.3 Å². The van der Waals surface area contributed by atoms with Gasteiger partial charge in [-0.1, -0.05) is 25.6 Å². The van der Waals surface area contributed by atoms with Crippen molar-refractivity contribution in [2.75, 3.05) is 14.2 Å². The summed E-state index contributed by atoms with van der Waals surface area (Å²) < 4.78 is 9.73. The number of allylic oxidation sites excluding steroid dienone is 2. The molecule has 0 aromatic rings. The molecule has 2 aliphatic rings. The summed E-state index contributed by atoms with van der Waals surface area (Å²) in [5, 5.41) is 0. The van der Waals surface area contributed by atoms with Gasteiger partial charge in [0.1, 0.15) is 8.07 Å². The molecule has 0 bridgehead atoms. The molecule has 0 aromatic heterocycles. The van der Waals surface area contributed by atoms with Crippen molar-refractivity contribution in [2.24, 2.45) is 11.3 Å². The molecule has 1 saturated carbocycles. The van der Waals surface area contributed by atoms with Gasteiger partial charge in [0, 0.05) is 6.42 Å². The van der Waals surface area contributed by atoms with Crippen LogP contribution < -0.4 is 0 Å². The number of carbonyl (C=O) groups excluding carboxylic acids is 3. The van der Waals surface area contributed by atoms with Crippen LogP contribution in [0, 0.1) is 22.8 Å². The molecule has 0 aromatic carbocycles. The molecular formula is C18H24O5Si. The Morgan fingerprint density at radius 1 is 1.17 bits per heavy atom. The summed E-state index contributed by atoms with van der Waals surface area (Å²) >= 11 is 0. The zero-order valence-electron chi connectivity index (χ0n) is 14.9. The Morgan fingerprint density at radius 2 is 1.75 bits per heavy atom. The molecular weight excluding hydrogens is 324 g/mol. The van der Waals surface area contributed by atoms with Crippen molar-refractivity contribution in [3.8, 4) is 11.5 Å². The number of ether oxygens (including phenoxy) is 2. The van der Waals surface area contributed by atoms with E-state index in [1.54, 1.807) is 0 Å². The molecule has 2 rings (SSSR count). The van der Waals surface area contributed by atoms with E-state index in [2.05, 4.69) is 31.1 Å². The molecule has 0 aliphatic heterocycles. The minimum absolute atomic E-state index is 0.0197. The molecule has 1 atom stereocenters. The third-order valence-corrected chi connectivity index (χ3v) is 5.53. The Balaban J connectivity index is 2.49. The van der Waals surface area contributed by atoms with Gasteiger partial charge in [0.05, 0.1) is 19.8 Å². The number of esters is 2. The summed E-state index contributed by atoms with van der Waals surface area (Å²) in [4.78, 5) is 37.0. The Hall–Kier alpha value is -1.87. The first-order valence-electron chi connectivity index (χ1n) is 8.11. The Morgan fingerprint density at radius 3 is 2.25 bits per heavy atom. The number of ketones is 1. The van der Waals surface area contributed by atoms with E-state index in [1.807, 2.05) is 0 Å². The molecule has 0 N–H and O–H groups in total. The molecule has 6 heteroatoms. The fourth-order valence-corrected chi connectivity index (χ4v) is 3.90. The van der Waals surface area contributed by atoms with E-state index in [0.29, 0.717) is 24.8 Å². The summed E-state index contributed by atoms with van der Waals surface area (Å²) in [6, 6.07) is 0. The second-order valence-electron chi connectivity index (χ2n) is 7.51. The average molecular weight is 348 g/mol. The van der Waals surface area contributed by atoms with Crippen LogP contribution in [0.5, 0.6) is 0 Å². The van der Waals surface area contributed by atoms with Gasteiger partial charge in [0.15, 0.2) is 11.2 Å². The van der Waals surface area contributed by atoms with E-state index in [4.69, 9.17) is 9.47 Å². The van der Waals surface area contributed by atoms with Gasteiger partial charge >= 0.3 is 11.9 Å². The smallest absolute Gasteiger partial charge is 0.323 e. The largest absolute Gasteiger partial charge is 0.468 e. The Labute approximate surface area is 143 Å². The number of methoxy groups -OCH3 is 2. The molecule has 130 valence electrons. The van der Waals surface area contributed by atoms with Crippen molar-refractivity contribution < 1.29 is 23.9 Å². The van der Waals surface area contributed by atoms with Crippen LogP contribution in [-0.4, -0.2) is 40.0 Å². The van der Waals surface area contributed by atoms with Gasteiger partial charge in [0.2, 0.25) is 0 Å². The standard InChI is InChI=1S/C18H24O5Si/c1-22-16(20)18(17(21)23-2)8-6-12-10-15(19)13(14(12)11-18)7-9-24(3,4)5/h12H,6,8,10-11H2,1-5H3. The summed E-state index contributed by atoms with van der Waals surface area (Å²) in [5.41, 5.74) is 3.19. The quantitative estimate of drug-likeness (QED) is 0.331. The number of carbonyl (C=O) groups is 3. The zero-order chi connectivity index (χ0) is 18.1. The summed E-state index contributed by atoms with van der Waals surface area (Å²) in [5.74, 6) is 1.95. The van der Waals surface area contributed by atoms with Crippen LogP contribution in [0.3, 0.4) is 0 Å². The van der Waals surface area contributed by atoms with Crippen LogP contribution in [0.4, 0.5) is 0 Å². The maximum Gasteiger partial charge on any atom is 0.323 e. The van der Waals surface area contributed by atoms with E-state index in [-0.39, 0.29) is 18.1 Å². The fraction of sp³-hybridized carbons (Fsp3) is 0.611. The molecule has 0 amide bonds. The maximum absolute atomic E-state index is 12.4. The Bertz CT molecular complexity index is 656. The van der Waals surface area contributed by atoms with Crippen molar-refractivity contribution in [3.63, 3.8) is 0 Å². The third-order valence-electron chi connectivity index (χ3n) is 4.65. The van der Waals surface area contributed by atoms with E-state index >= 15 is 0 Å². The Kier molecular flexibility index (Phi) is 5.05. The number of rotatable bonds is 2. The second-order valence-corrected chi connectivity index (χ2v) is 12.3. The van der Waals surface area contributed by atoms with Crippen LogP contribution >= 0.6 is 0 Å². The van der Waals surface area contributed by atoms with Gasteiger partial charge < -0.3 is 9.47 Å². The van der Waals surface area contributed by atoms with E-state index < -0.39 is 25.4 Å². The fourth-order valence-electron chi connectivity index (χ4n) is 3.40. The lowest BCUT2D eigenvalue weighted by Gasteiger charge is -2.35. The van der Waals surface area contributed by atoms with Gasteiger partial charge in [-0.2, -0.15) is 0 Å². The van der Waals surface area contributed by atoms with Crippen LogP contribution in [-0.2, 0) is 23.9 Å². The molecule has 1 fully saturated rings. The highest BCUT2D eigenvalue weighted by molar-refractivity contribution is 6.83. The van der Waals surface area contributed by atoms with Crippen molar-refractivity contribution in [1.29, 1.82) is 0 Å². The van der Waals surface area contributed by atoms with Crippen LogP contribution in [0.15, 0.2) is 11.1 Å². The third kappa shape index (κ3) is 3.32. The van der Waals surface area contributed by atoms with Gasteiger partial charge in [-0.3, -0.25) is 14.4 Å². The van der Waals surface area contributed by atoms with E-state index in [0.717, 1.165) is 5.57 Å². The van der Waals surface area contributed by atoms with Crippen LogP contribution in [0.2, 0.25) is 19.6 Å². The topological polar surface area (TPSA) is 69.7 Å². The van der Waals surface area contributed by atoms with Crippen molar-refractivity contribution in [3.05, 3.63) is 11.1 Å². The molecule has 0 saturated heterocycles. The number of Topliss-reactive ketones (excluding diaryl/α,β-unsaturated/α-hetero) is 1. The normalized spacial score (nSPS) is 22.4. The molecule has 0 spiro atoms. The molecule has 0 heterocycles. The van der Waals surface area contributed by atoms with Crippen molar-refractivity contribution in [1.82, 2.24) is 0 Å². The lowest BCUT2D eigenvalue weighted by Crippen LogP contribution is -2.44. The number of hydrogen-bond donors (Lipinski definition) is 0. The highest BCUT2D eigenvalue weighted by Gasteiger charge is 2.54. The first kappa shape index (κ1) is 18.5. The van der Waals surface area contributed by atoms with Gasteiger partial charge in [-0.25, -0.2) is 0 Å². The number of hydrogen-bond acceptors (Lipinski definition) is 5. The van der Waals surface area contributed by atoms with Gasteiger partial charge in [-0.15, -0.1) is 5.54 Å². The predicted molar refractivity (Wildman–Crippen MR) is 91.6 cm³/mol. The monoisotopic (exact) mass is 348 g/mol. The van der Waals surface area contributed by atoms with Crippen LogP contribution in [0.25, 0.3) is 0 Å². The van der Waals surface area contributed by atoms with Gasteiger partial charge in [0.25, 0.3) is 0 Å².